The van der Waals surface area contributed by atoms with Crippen LogP contribution in [-0.2, 0) is 4.74 Å². The fourth-order valence-corrected chi connectivity index (χ4v) is 1.70. The minimum absolute atomic E-state index is 0. The molecule has 4 nitrogen and oxygen atoms in total. The van der Waals surface area contributed by atoms with E-state index in [-0.39, 0.29) is 17.0 Å². The third-order valence-electron chi connectivity index (χ3n) is 2.54. The van der Waals surface area contributed by atoms with Crippen LogP contribution < -0.4 is 10.4 Å². The van der Waals surface area contributed by atoms with Gasteiger partial charge in [0.15, 0.2) is 0 Å². The molecule has 0 amide bonds. The van der Waals surface area contributed by atoms with E-state index in [9.17, 15) is 0 Å². The molecule has 0 radical (unpaired) electrons. The normalized spacial score (nSPS) is 15.5. The molecule has 1 fully saturated rings. The summed E-state index contributed by atoms with van der Waals surface area (Å²) in [6.45, 7) is 3.16. The van der Waals surface area contributed by atoms with Gasteiger partial charge in [0.1, 0.15) is 0 Å². The first-order chi connectivity index (χ1) is 7.27. The van der Waals surface area contributed by atoms with Gasteiger partial charge in [-0.25, -0.2) is 0 Å². The molecule has 0 aliphatic carbocycles. The molecular formula is C10H15BBrNO3. The van der Waals surface area contributed by atoms with Crippen molar-refractivity contribution in [1.29, 1.82) is 0 Å². The lowest BCUT2D eigenvalue weighted by Crippen LogP contribution is -2.37. The highest BCUT2D eigenvalue weighted by molar-refractivity contribution is 8.93. The van der Waals surface area contributed by atoms with Crippen LogP contribution in [0.25, 0.3) is 0 Å². The highest BCUT2D eigenvalue weighted by Gasteiger charge is 2.15. The zero-order chi connectivity index (χ0) is 10.7. The number of nitrogens with zero attached hydrogens (tertiary/aromatic N) is 1. The second kappa shape index (κ2) is 6.25. The fraction of sp³-hybridized carbons (Fsp3) is 0.400. The molecule has 1 saturated heterocycles. The Labute approximate surface area is 106 Å². The van der Waals surface area contributed by atoms with Crippen LogP contribution in [-0.4, -0.2) is 43.5 Å². The van der Waals surface area contributed by atoms with Crippen LogP contribution in [0.1, 0.15) is 0 Å². The quantitative estimate of drug-likeness (QED) is 0.739. The number of hydrogen-bond acceptors (Lipinski definition) is 4. The maximum atomic E-state index is 9.06. The molecule has 16 heavy (non-hydrogen) atoms. The Morgan fingerprint density at radius 1 is 1.19 bits per heavy atom. The number of morpholine rings is 1. The lowest BCUT2D eigenvalue weighted by Gasteiger charge is -2.29. The van der Waals surface area contributed by atoms with Crippen LogP contribution in [0.2, 0.25) is 0 Å². The predicted octanol–water partition coefficient (Wildman–Crippen LogP) is -0.219. The van der Waals surface area contributed by atoms with E-state index in [1.165, 1.54) is 0 Å². The number of ether oxygens (including phenoxy) is 1. The van der Waals surface area contributed by atoms with Crippen molar-refractivity contribution >= 4 is 35.3 Å². The van der Waals surface area contributed by atoms with E-state index < -0.39 is 7.12 Å². The van der Waals surface area contributed by atoms with Gasteiger partial charge in [0.05, 0.1) is 13.2 Å². The third-order valence-corrected chi connectivity index (χ3v) is 2.54. The van der Waals surface area contributed by atoms with Crippen LogP contribution >= 0.6 is 17.0 Å². The van der Waals surface area contributed by atoms with Crippen molar-refractivity contribution in [3.8, 4) is 0 Å². The van der Waals surface area contributed by atoms with Crippen LogP contribution in [0.5, 0.6) is 0 Å². The van der Waals surface area contributed by atoms with Gasteiger partial charge >= 0.3 is 7.12 Å². The van der Waals surface area contributed by atoms with E-state index in [1.807, 2.05) is 12.1 Å². The molecule has 88 valence electrons. The molecule has 1 heterocycles. The Hall–Kier alpha value is -0.555. The largest absolute Gasteiger partial charge is 0.488 e. The Balaban J connectivity index is 0.00000128. The molecular weight excluding hydrogens is 273 g/mol. The van der Waals surface area contributed by atoms with Gasteiger partial charge in [-0.2, -0.15) is 0 Å². The number of rotatable bonds is 2. The smallest absolute Gasteiger partial charge is 0.423 e. The first kappa shape index (κ1) is 13.5. The molecule has 0 atom stereocenters. The fourth-order valence-electron chi connectivity index (χ4n) is 1.70. The zero-order valence-corrected chi connectivity index (χ0v) is 10.6. The zero-order valence-electron chi connectivity index (χ0n) is 8.87. The van der Waals surface area contributed by atoms with Gasteiger partial charge in [-0.15, -0.1) is 17.0 Å². The molecule has 1 aliphatic heterocycles. The lowest BCUT2D eigenvalue weighted by molar-refractivity contribution is 0.122. The van der Waals surface area contributed by atoms with Crippen molar-refractivity contribution in [1.82, 2.24) is 0 Å². The van der Waals surface area contributed by atoms with Gasteiger partial charge in [0.25, 0.3) is 0 Å². The Morgan fingerprint density at radius 3 is 2.50 bits per heavy atom. The Kier molecular flexibility index (Phi) is 5.27. The first-order valence-electron chi connectivity index (χ1n) is 5.06. The summed E-state index contributed by atoms with van der Waals surface area (Å²) in [5.41, 5.74) is 1.54. The minimum atomic E-state index is -1.40. The van der Waals surface area contributed by atoms with E-state index in [0.717, 1.165) is 32.0 Å². The van der Waals surface area contributed by atoms with E-state index in [1.54, 1.807) is 12.1 Å². The van der Waals surface area contributed by atoms with Crippen molar-refractivity contribution in [3.05, 3.63) is 24.3 Å². The molecule has 6 heteroatoms. The number of anilines is 1. The minimum Gasteiger partial charge on any atom is -0.423 e. The molecule has 0 bridgehead atoms. The molecule has 2 N–H and O–H groups in total. The highest BCUT2D eigenvalue weighted by Crippen LogP contribution is 2.13. The number of halogens is 1. The summed E-state index contributed by atoms with van der Waals surface area (Å²) in [5, 5.41) is 18.1. The molecule has 2 rings (SSSR count). The summed E-state index contributed by atoms with van der Waals surface area (Å²) in [6, 6.07) is 7.31. The summed E-state index contributed by atoms with van der Waals surface area (Å²) >= 11 is 0. The van der Waals surface area contributed by atoms with Gasteiger partial charge in [-0.1, -0.05) is 12.1 Å². The molecule has 0 unspecified atom stereocenters. The molecule has 0 saturated carbocycles. The van der Waals surface area contributed by atoms with Crippen LogP contribution in [0.15, 0.2) is 24.3 Å². The maximum absolute atomic E-state index is 9.06. The van der Waals surface area contributed by atoms with Crippen molar-refractivity contribution < 1.29 is 14.8 Å². The summed E-state index contributed by atoms with van der Waals surface area (Å²) in [7, 11) is -1.40. The number of hydrogen-bond donors (Lipinski definition) is 2. The van der Waals surface area contributed by atoms with Gasteiger partial charge in [0.2, 0.25) is 0 Å². The van der Waals surface area contributed by atoms with Crippen molar-refractivity contribution in [2.45, 2.75) is 0 Å². The van der Waals surface area contributed by atoms with Gasteiger partial charge in [-0.3, -0.25) is 0 Å². The van der Waals surface area contributed by atoms with Gasteiger partial charge < -0.3 is 19.7 Å². The molecule has 1 aliphatic rings. The van der Waals surface area contributed by atoms with Crippen molar-refractivity contribution in [2.75, 3.05) is 31.2 Å². The predicted molar refractivity (Wildman–Crippen MR) is 69.6 cm³/mol. The summed E-state index contributed by atoms with van der Waals surface area (Å²) in [6.07, 6.45) is 0. The van der Waals surface area contributed by atoms with Crippen LogP contribution in [0, 0.1) is 0 Å². The SMILES string of the molecule is Br.OB(O)c1cccc(N2CCOCC2)c1. The highest BCUT2D eigenvalue weighted by atomic mass is 79.9. The molecule has 1 aromatic rings. The summed E-state index contributed by atoms with van der Waals surface area (Å²) in [4.78, 5) is 2.18. The van der Waals surface area contributed by atoms with Crippen molar-refractivity contribution in [2.24, 2.45) is 0 Å². The second-order valence-corrected chi connectivity index (χ2v) is 3.57. The second-order valence-electron chi connectivity index (χ2n) is 3.57. The average Bonchev–Trinajstić information content (AvgIpc) is 2.30. The van der Waals surface area contributed by atoms with E-state index in [0.29, 0.717) is 5.46 Å². The Bertz CT molecular complexity index is 332. The number of benzene rings is 1. The van der Waals surface area contributed by atoms with Crippen LogP contribution in [0.3, 0.4) is 0 Å². The molecule has 0 spiro atoms. The molecule has 1 aromatic carbocycles. The summed E-state index contributed by atoms with van der Waals surface area (Å²) in [5.74, 6) is 0. The van der Waals surface area contributed by atoms with Gasteiger partial charge in [0, 0.05) is 18.8 Å². The monoisotopic (exact) mass is 287 g/mol. The average molecular weight is 288 g/mol. The third kappa shape index (κ3) is 3.22. The van der Waals surface area contributed by atoms with Crippen LogP contribution in [0.4, 0.5) is 5.69 Å². The van der Waals surface area contributed by atoms with E-state index >= 15 is 0 Å². The standard InChI is InChI=1S/C10H14BNO3.BrH/c13-11(14)9-2-1-3-10(8-9)12-4-6-15-7-5-12;/h1-3,8,13-14H,4-7H2;1H. The maximum Gasteiger partial charge on any atom is 0.488 e. The van der Waals surface area contributed by atoms with Gasteiger partial charge in [-0.05, 0) is 17.6 Å². The summed E-state index contributed by atoms with van der Waals surface area (Å²) < 4.78 is 5.26. The van der Waals surface area contributed by atoms with E-state index in [2.05, 4.69) is 4.90 Å². The topological polar surface area (TPSA) is 52.9 Å². The first-order valence-corrected chi connectivity index (χ1v) is 5.06. The van der Waals surface area contributed by atoms with Crippen molar-refractivity contribution in [3.63, 3.8) is 0 Å². The lowest BCUT2D eigenvalue weighted by atomic mass is 9.80. The Morgan fingerprint density at radius 2 is 1.88 bits per heavy atom. The molecule has 0 aromatic heterocycles. The van der Waals surface area contributed by atoms with E-state index in [4.69, 9.17) is 14.8 Å².